The first kappa shape index (κ1) is 15.9. The molecule has 0 spiro atoms. The Balaban J connectivity index is 2.31. The van der Waals surface area contributed by atoms with Crippen molar-refractivity contribution in [2.45, 2.75) is 24.3 Å². The van der Waals surface area contributed by atoms with Gasteiger partial charge in [0.25, 0.3) is 0 Å². The second kappa shape index (κ2) is 8.11. The van der Waals surface area contributed by atoms with Crippen molar-refractivity contribution < 1.29 is 4.74 Å². The van der Waals surface area contributed by atoms with Gasteiger partial charge in [-0.05, 0) is 54.6 Å². The van der Waals surface area contributed by atoms with Gasteiger partial charge in [0.2, 0.25) is 0 Å². The minimum atomic E-state index is 0.205. The van der Waals surface area contributed by atoms with Crippen LogP contribution in [-0.4, -0.2) is 19.9 Å². The minimum Gasteiger partial charge on any atom is -0.497 e. The Morgan fingerprint density at radius 2 is 1.86 bits per heavy atom. The minimum absolute atomic E-state index is 0.205. The predicted molar refractivity (Wildman–Crippen MR) is 91.4 cm³/mol. The Bertz CT molecular complexity index is 553. The molecule has 0 aliphatic rings. The van der Waals surface area contributed by atoms with E-state index in [0.29, 0.717) is 0 Å². The molecule has 0 bridgehead atoms. The number of ether oxygens (including phenoxy) is 1. The van der Waals surface area contributed by atoms with Crippen LogP contribution in [0.2, 0.25) is 0 Å². The third kappa shape index (κ3) is 4.26. The van der Waals surface area contributed by atoms with Gasteiger partial charge in [0, 0.05) is 4.90 Å². The lowest BCUT2D eigenvalue weighted by atomic mass is 9.98. The van der Waals surface area contributed by atoms with Crippen LogP contribution in [0.25, 0.3) is 0 Å². The Morgan fingerprint density at radius 1 is 1.10 bits per heavy atom. The van der Waals surface area contributed by atoms with Crippen molar-refractivity contribution in [3.63, 3.8) is 0 Å². The summed E-state index contributed by atoms with van der Waals surface area (Å²) in [6.07, 6.45) is 3.22. The van der Waals surface area contributed by atoms with Crippen LogP contribution in [0.5, 0.6) is 5.75 Å². The number of benzene rings is 2. The lowest BCUT2D eigenvalue weighted by Gasteiger charge is -2.20. The fraction of sp³-hybridized carbons (Fsp3) is 0.333. The number of hydrogen-bond acceptors (Lipinski definition) is 3. The maximum Gasteiger partial charge on any atom is 0.119 e. The number of methoxy groups -OCH3 is 1. The number of nitrogens with one attached hydrogen (secondary N) is 1. The quantitative estimate of drug-likeness (QED) is 0.760. The fourth-order valence-corrected chi connectivity index (χ4v) is 2.74. The number of hydrogen-bond donors (Lipinski definition) is 1. The largest absolute Gasteiger partial charge is 0.497 e. The van der Waals surface area contributed by atoms with E-state index in [1.165, 1.54) is 16.0 Å². The third-order valence-electron chi connectivity index (χ3n) is 3.47. The molecule has 0 saturated carbocycles. The molecule has 0 aliphatic carbocycles. The van der Waals surface area contributed by atoms with Gasteiger partial charge in [0.05, 0.1) is 13.2 Å². The van der Waals surface area contributed by atoms with Crippen LogP contribution in [0.15, 0.2) is 53.4 Å². The van der Waals surface area contributed by atoms with E-state index in [0.717, 1.165) is 18.7 Å². The summed E-state index contributed by atoms with van der Waals surface area (Å²) >= 11 is 1.77. The van der Waals surface area contributed by atoms with Gasteiger partial charge in [-0.2, -0.15) is 0 Å². The van der Waals surface area contributed by atoms with Crippen LogP contribution in [0.4, 0.5) is 0 Å². The molecule has 0 saturated heterocycles. The SMILES string of the molecule is CCCNC(c1ccc(SC)cc1)c1cccc(OC)c1. The van der Waals surface area contributed by atoms with Crippen LogP contribution in [0.1, 0.15) is 30.5 Å². The molecule has 21 heavy (non-hydrogen) atoms. The van der Waals surface area contributed by atoms with Crippen LogP contribution in [0.3, 0.4) is 0 Å². The monoisotopic (exact) mass is 301 g/mol. The normalized spacial score (nSPS) is 12.1. The van der Waals surface area contributed by atoms with E-state index in [1.54, 1.807) is 18.9 Å². The van der Waals surface area contributed by atoms with Gasteiger partial charge in [-0.15, -0.1) is 11.8 Å². The number of rotatable bonds is 7. The molecule has 1 N–H and O–H groups in total. The molecule has 1 atom stereocenters. The van der Waals surface area contributed by atoms with E-state index in [4.69, 9.17) is 4.74 Å². The molecule has 112 valence electrons. The summed E-state index contributed by atoms with van der Waals surface area (Å²) in [6.45, 7) is 3.18. The summed E-state index contributed by atoms with van der Waals surface area (Å²) in [5.41, 5.74) is 2.52. The summed E-state index contributed by atoms with van der Waals surface area (Å²) in [5, 5.41) is 3.63. The molecular weight excluding hydrogens is 278 g/mol. The molecule has 3 heteroatoms. The van der Waals surface area contributed by atoms with Gasteiger partial charge in [-0.3, -0.25) is 0 Å². The zero-order chi connectivity index (χ0) is 15.1. The van der Waals surface area contributed by atoms with Crippen molar-refractivity contribution in [3.8, 4) is 5.75 Å². The Morgan fingerprint density at radius 3 is 2.48 bits per heavy atom. The summed E-state index contributed by atoms with van der Waals surface area (Å²) in [7, 11) is 1.71. The summed E-state index contributed by atoms with van der Waals surface area (Å²) in [5.74, 6) is 0.900. The maximum atomic E-state index is 5.35. The first-order chi connectivity index (χ1) is 10.3. The zero-order valence-corrected chi connectivity index (χ0v) is 13.7. The molecule has 2 aromatic rings. The third-order valence-corrected chi connectivity index (χ3v) is 4.22. The van der Waals surface area contributed by atoms with Crippen molar-refractivity contribution in [2.75, 3.05) is 19.9 Å². The van der Waals surface area contributed by atoms with E-state index >= 15 is 0 Å². The second-order valence-corrected chi connectivity index (χ2v) is 5.82. The highest BCUT2D eigenvalue weighted by Gasteiger charge is 2.13. The van der Waals surface area contributed by atoms with Crippen LogP contribution in [-0.2, 0) is 0 Å². The highest BCUT2D eigenvalue weighted by atomic mass is 32.2. The first-order valence-electron chi connectivity index (χ1n) is 7.29. The summed E-state index contributed by atoms with van der Waals surface area (Å²) in [6, 6.07) is 17.3. The number of thioether (sulfide) groups is 1. The van der Waals surface area contributed by atoms with E-state index < -0.39 is 0 Å². The average molecular weight is 301 g/mol. The van der Waals surface area contributed by atoms with Crippen LogP contribution >= 0.6 is 11.8 Å². The molecule has 1 unspecified atom stereocenters. The van der Waals surface area contributed by atoms with Crippen LogP contribution < -0.4 is 10.1 Å². The van der Waals surface area contributed by atoms with Gasteiger partial charge in [0.1, 0.15) is 5.75 Å². The van der Waals surface area contributed by atoms with E-state index in [1.807, 2.05) is 12.1 Å². The Kier molecular flexibility index (Phi) is 6.15. The Labute approximate surface area is 131 Å². The molecular formula is C18H23NOS. The second-order valence-electron chi connectivity index (χ2n) is 4.94. The van der Waals surface area contributed by atoms with Crippen molar-refractivity contribution in [3.05, 3.63) is 59.7 Å². The molecule has 0 radical (unpaired) electrons. The molecule has 0 amide bonds. The molecule has 0 heterocycles. The molecule has 2 aromatic carbocycles. The highest BCUT2D eigenvalue weighted by molar-refractivity contribution is 7.98. The topological polar surface area (TPSA) is 21.3 Å². The molecule has 0 aromatic heterocycles. The lowest BCUT2D eigenvalue weighted by Crippen LogP contribution is -2.23. The van der Waals surface area contributed by atoms with Gasteiger partial charge in [-0.1, -0.05) is 31.2 Å². The molecule has 2 nitrogen and oxygen atoms in total. The molecule has 0 aliphatic heterocycles. The zero-order valence-electron chi connectivity index (χ0n) is 12.9. The summed E-state index contributed by atoms with van der Waals surface area (Å²) < 4.78 is 5.35. The van der Waals surface area contributed by atoms with Gasteiger partial charge in [-0.25, -0.2) is 0 Å². The summed E-state index contributed by atoms with van der Waals surface area (Å²) in [4.78, 5) is 1.29. The predicted octanol–water partition coefficient (Wildman–Crippen LogP) is 4.51. The molecule has 0 fully saturated rings. The highest BCUT2D eigenvalue weighted by Crippen LogP contribution is 2.26. The van der Waals surface area contributed by atoms with E-state index in [9.17, 15) is 0 Å². The lowest BCUT2D eigenvalue weighted by molar-refractivity contribution is 0.413. The van der Waals surface area contributed by atoms with Gasteiger partial charge >= 0.3 is 0 Å². The van der Waals surface area contributed by atoms with Gasteiger partial charge < -0.3 is 10.1 Å². The van der Waals surface area contributed by atoms with Crippen LogP contribution in [0, 0.1) is 0 Å². The smallest absolute Gasteiger partial charge is 0.119 e. The van der Waals surface area contributed by atoms with Crippen molar-refractivity contribution in [1.29, 1.82) is 0 Å². The average Bonchev–Trinajstić information content (AvgIpc) is 2.56. The fourth-order valence-electron chi connectivity index (χ4n) is 2.33. The first-order valence-corrected chi connectivity index (χ1v) is 8.52. The van der Waals surface area contributed by atoms with Crippen molar-refractivity contribution in [1.82, 2.24) is 5.32 Å². The Hall–Kier alpha value is -1.45. The van der Waals surface area contributed by atoms with Crippen molar-refractivity contribution in [2.24, 2.45) is 0 Å². The standard InChI is InChI=1S/C18H23NOS/c1-4-12-19-18(14-8-10-17(21-3)11-9-14)15-6-5-7-16(13-15)20-2/h5-11,13,18-19H,4,12H2,1-3H3. The van der Waals surface area contributed by atoms with E-state index in [-0.39, 0.29) is 6.04 Å². The van der Waals surface area contributed by atoms with Crippen molar-refractivity contribution >= 4 is 11.8 Å². The van der Waals surface area contributed by atoms with Gasteiger partial charge in [0.15, 0.2) is 0 Å². The molecule has 2 rings (SSSR count). The van der Waals surface area contributed by atoms with E-state index in [2.05, 4.69) is 54.9 Å². The maximum absolute atomic E-state index is 5.35.